The molecule has 0 amide bonds. The number of ketones is 1. The number of hydrogen-bond acceptors (Lipinski definition) is 8. The van der Waals surface area contributed by atoms with E-state index in [1.165, 1.54) is 11.8 Å². The Balaban J connectivity index is 1.57. The van der Waals surface area contributed by atoms with Crippen molar-refractivity contribution in [3.8, 4) is 11.1 Å². The number of carbonyl (C=O) groups is 1. The number of anilines is 2. The van der Waals surface area contributed by atoms with E-state index in [9.17, 15) is 9.90 Å². The van der Waals surface area contributed by atoms with Gasteiger partial charge in [0.25, 0.3) is 0 Å². The Labute approximate surface area is 231 Å². The lowest BCUT2D eigenvalue weighted by molar-refractivity contribution is 0.0972. The number of nitrogens with one attached hydrogen (secondary N) is 1. The van der Waals surface area contributed by atoms with Crippen LogP contribution in [0.3, 0.4) is 0 Å². The molecular weight excluding hydrogens is 490 g/mol. The van der Waals surface area contributed by atoms with Gasteiger partial charge in [-0.3, -0.25) is 9.78 Å². The average Bonchev–Trinajstić information content (AvgIpc) is 2.96. The maximum atomic E-state index is 12.9. The van der Waals surface area contributed by atoms with Crippen molar-refractivity contribution in [1.29, 1.82) is 0 Å². The molecule has 8 nitrogen and oxygen atoms in total. The van der Waals surface area contributed by atoms with Gasteiger partial charge in [-0.2, -0.15) is 0 Å². The molecule has 3 aromatic rings. The van der Waals surface area contributed by atoms with E-state index in [1.54, 1.807) is 6.20 Å². The van der Waals surface area contributed by atoms with Crippen LogP contribution in [0.4, 0.5) is 11.6 Å². The fourth-order valence-corrected chi connectivity index (χ4v) is 4.60. The van der Waals surface area contributed by atoms with E-state index in [-0.39, 0.29) is 24.3 Å². The van der Waals surface area contributed by atoms with Gasteiger partial charge < -0.3 is 20.1 Å². The summed E-state index contributed by atoms with van der Waals surface area (Å²) >= 11 is 0. The van der Waals surface area contributed by atoms with Crippen LogP contribution >= 0.6 is 0 Å². The Hall–Kier alpha value is -3.62. The lowest BCUT2D eigenvalue weighted by Gasteiger charge is -2.29. The van der Waals surface area contributed by atoms with Crippen LogP contribution in [0, 0.1) is 6.92 Å². The van der Waals surface area contributed by atoms with E-state index in [1.807, 2.05) is 19.9 Å². The molecule has 3 heterocycles. The number of hydrogen-bond donors (Lipinski definition) is 2. The molecule has 2 atom stereocenters. The largest absolute Gasteiger partial charge is 0.394 e. The highest BCUT2D eigenvalue weighted by Crippen LogP contribution is 2.33. The summed E-state index contributed by atoms with van der Waals surface area (Å²) in [5.41, 5.74) is 6.35. The Morgan fingerprint density at radius 3 is 2.59 bits per heavy atom. The number of carbonyl (C=O) groups excluding carboxylic acids is 1. The number of rotatable bonds is 11. The minimum atomic E-state index is -0.115. The molecule has 4 rings (SSSR count). The Morgan fingerprint density at radius 1 is 1.13 bits per heavy atom. The van der Waals surface area contributed by atoms with Gasteiger partial charge in [-0.1, -0.05) is 31.7 Å². The second-order valence-electron chi connectivity index (χ2n) is 10.4. The molecule has 0 spiro atoms. The second kappa shape index (κ2) is 13.0. The molecule has 1 aliphatic heterocycles. The summed E-state index contributed by atoms with van der Waals surface area (Å²) < 4.78 is 5.54. The van der Waals surface area contributed by atoms with Gasteiger partial charge in [-0.25, -0.2) is 9.97 Å². The van der Waals surface area contributed by atoms with Crippen molar-refractivity contribution >= 4 is 23.0 Å². The lowest BCUT2D eigenvalue weighted by atomic mass is 9.90. The number of nitrogens with zero attached hydrogens (tertiary/aromatic N) is 4. The number of aryl methyl sites for hydroxylation is 1. The van der Waals surface area contributed by atoms with Crippen LogP contribution in [0.25, 0.3) is 16.7 Å². The first kappa shape index (κ1) is 28.4. The molecular formula is C31H39N5O3. The van der Waals surface area contributed by atoms with E-state index in [4.69, 9.17) is 9.72 Å². The molecule has 1 unspecified atom stereocenters. The number of benzene rings is 1. The molecule has 1 aliphatic rings. The molecule has 2 N–H and O–H groups in total. The molecule has 2 aromatic heterocycles. The second-order valence-corrected chi connectivity index (χ2v) is 10.4. The molecule has 206 valence electrons. The number of pyridine rings is 1. The zero-order chi connectivity index (χ0) is 27.9. The number of allylic oxidation sites excluding steroid dienone is 1. The zero-order valence-corrected chi connectivity index (χ0v) is 23.4. The van der Waals surface area contributed by atoms with E-state index in [0.717, 1.165) is 47.0 Å². The minimum absolute atomic E-state index is 0.0113. The molecule has 0 aliphatic carbocycles. The first-order valence-corrected chi connectivity index (χ1v) is 13.6. The van der Waals surface area contributed by atoms with Gasteiger partial charge in [-0.05, 0) is 73.1 Å². The summed E-state index contributed by atoms with van der Waals surface area (Å²) in [5, 5.41) is 12.9. The summed E-state index contributed by atoms with van der Waals surface area (Å²) in [7, 11) is 0. The first-order valence-electron chi connectivity index (χ1n) is 13.6. The first-order chi connectivity index (χ1) is 18.7. The SMILES string of the molecule is C=C(C)c1cncc(C(=O)CCC(C)c2ccc(C)c(-c3cc(N[C@H](C)CO)nc(N4CCOCC4)c3)c2)n1. The molecule has 1 fully saturated rings. The predicted octanol–water partition coefficient (Wildman–Crippen LogP) is 5.28. The number of aliphatic hydroxyl groups excluding tert-OH is 1. The van der Waals surface area contributed by atoms with E-state index < -0.39 is 0 Å². The number of aromatic nitrogens is 3. The molecule has 0 saturated carbocycles. The fraction of sp³-hybridized carbons (Fsp3) is 0.419. The lowest BCUT2D eigenvalue weighted by Crippen LogP contribution is -2.37. The highest BCUT2D eigenvalue weighted by molar-refractivity contribution is 5.94. The topological polar surface area (TPSA) is 100 Å². The minimum Gasteiger partial charge on any atom is -0.394 e. The smallest absolute Gasteiger partial charge is 0.182 e. The Bertz CT molecular complexity index is 1320. The van der Waals surface area contributed by atoms with Crippen molar-refractivity contribution in [2.24, 2.45) is 0 Å². The maximum absolute atomic E-state index is 12.9. The number of Topliss-reactive ketones (excluding diaryl/α,β-unsaturated/α-hetero) is 1. The van der Waals surface area contributed by atoms with Gasteiger partial charge in [0.2, 0.25) is 0 Å². The molecule has 0 radical (unpaired) electrons. The van der Waals surface area contributed by atoms with Gasteiger partial charge in [0.15, 0.2) is 5.78 Å². The van der Waals surface area contributed by atoms with Crippen molar-refractivity contribution < 1.29 is 14.6 Å². The third-order valence-corrected chi connectivity index (χ3v) is 7.12. The van der Waals surface area contributed by atoms with Crippen molar-refractivity contribution in [2.75, 3.05) is 43.1 Å². The Morgan fingerprint density at radius 2 is 1.87 bits per heavy atom. The van der Waals surface area contributed by atoms with E-state index in [2.05, 4.69) is 64.9 Å². The van der Waals surface area contributed by atoms with Gasteiger partial charge in [0.05, 0.1) is 37.9 Å². The summed E-state index contributed by atoms with van der Waals surface area (Å²) in [4.78, 5) is 28.5. The third kappa shape index (κ3) is 7.28. The van der Waals surface area contributed by atoms with E-state index >= 15 is 0 Å². The third-order valence-electron chi connectivity index (χ3n) is 7.12. The van der Waals surface area contributed by atoms with Crippen molar-refractivity contribution in [3.05, 3.63) is 71.8 Å². The maximum Gasteiger partial charge on any atom is 0.182 e. The van der Waals surface area contributed by atoms with Gasteiger partial charge in [0, 0.05) is 25.6 Å². The number of ether oxygens (including phenoxy) is 1. The van der Waals surface area contributed by atoms with Crippen molar-refractivity contribution in [1.82, 2.24) is 15.0 Å². The quantitative estimate of drug-likeness (QED) is 0.324. The van der Waals surface area contributed by atoms with Crippen LogP contribution in [0.2, 0.25) is 0 Å². The summed E-state index contributed by atoms with van der Waals surface area (Å²) in [6.07, 6.45) is 4.26. The number of morpholine rings is 1. The molecule has 1 aromatic carbocycles. The highest BCUT2D eigenvalue weighted by Gasteiger charge is 2.18. The molecule has 0 bridgehead atoms. The molecule has 8 heteroatoms. The normalized spacial score (nSPS) is 15.1. The summed E-state index contributed by atoms with van der Waals surface area (Å²) in [6, 6.07) is 10.6. The van der Waals surface area contributed by atoms with Crippen LogP contribution in [-0.4, -0.2) is 64.8 Å². The van der Waals surface area contributed by atoms with Crippen molar-refractivity contribution in [3.63, 3.8) is 0 Å². The van der Waals surface area contributed by atoms with Crippen LogP contribution in [0.15, 0.2) is 49.3 Å². The summed E-state index contributed by atoms with van der Waals surface area (Å²) in [5.74, 6) is 1.79. The average molecular weight is 530 g/mol. The predicted molar refractivity (Wildman–Crippen MR) is 156 cm³/mol. The van der Waals surface area contributed by atoms with Crippen LogP contribution in [-0.2, 0) is 4.74 Å². The molecule has 39 heavy (non-hydrogen) atoms. The van der Waals surface area contributed by atoms with Gasteiger partial charge in [-0.15, -0.1) is 0 Å². The highest BCUT2D eigenvalue weighted by atomic mass is 16.5. The monoisotopic (exact) mass is 529 g/mol. The number of aliphatic hydroxyl groups is 1. The van der Waals surface area contributed by atoms with Gasteiger partial charge >= 0.3 is 0 Å². The van der Waals surface area contributed by atoms with Crippen LogP contribution in [0.5, 0.6) is 0 Å². The Kier molecular flexibility index (Phi) is 9.43. The molecule has 1 saturated heterocycles. The standard InChI is InChI=1S/C31H39N5O3/c1-20(2)27-17-32-18-28(34-27)29(38)9-7-21(3)24-8-6-22(4)26(14-24)25-15-30(33-23(5)19-37)35-31(16-25)36-10-12-39-13-11-36/h6,8,14-18,21,23,37H,1,7,9-13,19H2,2-5H3,(H,33,35)/t21?,23-/m1/s1. The van der Waals surface area contributed by atoms with Crippen molar-refractivity contribution in [2.45, 2.75) is 52.5 Å². The van der Waals surface area contributed by atoms with Crippen LogP contribution in [0.1, 0.15) is 66.8 Å². The van der Waals surface area contributed by atoms with Gasteiger partial charge in [0.1, 0.15) is 17.3 Å². The summed E-state index contributed by atoms with van der Waals surface area (Å²) in [6.45, 7) is 14.9. The zero-order valence-electron chi connectivity index (χ0n) is 23.4. The van der Waals surface area contributed by atoms with E-state index in [0.29, 0.717) is 37.4 Å². The van der Waals surface area contributed by atoms with Crippen LogP contribution < -0.4 is 10.2 Å². The fourth-order valence-electron chi connectivity index (χ4n) is 4.60.